The second-order valence-electron chi connectivity index (χ2n) is 7.57. The molecule has 0 N–H and O–H groups in total. The van der Waals surface area contributed by atoms with E-state index in [0.29, 0.717) is 12.0 Å². The van der Waals surface area contributed by atoms with Crippen molar-refractivity contribution in [2.45, 2.75) is 63.8 Å². The van der Waals surface area contributed by atoms with Crippen LogP contribution < -0.4 is 0 Å². The molecule has 0 unspecified atom stereocenters. The molecule has 5 heteroatoms. The molecule has 2 aromatic heterocycles. The standard InChI is InChI=1S/C16H24N2OSSi/c1-16(2,3)21(4,5)19-12-8-11(9-12)13-6-7-17-15-14(13)18-10-20-15/h6-7,10-12H,8-9H2,1-5H3. The lowest BCUT2D eigenvalue weighted by molar-refractivity contribution is 0.0845. The van der Waals surface area contributed by atoms with Crippen LogP contribution in [0.2, 0.25) is 18.1 Å². The Kier molecular flexibility index (Phi) is 3.70. The first-order valence-electron chi connectivity index (χ1n) is 7.64. The van der Waals surface area contributed by atoms with Gasteiger partial charge in [-0.15, -0.1) is 11.3 Å². The van der Waals surface area contributed by atoms with Crippen LogP contribution in [0.5, 0.6) is 0 Å². The van der Waals surface area contributed by atoms with Gasteiger partial charge in [0.2, 0.25) is 0 Å². The van der Waals surface area contributed by atoms with Gasteiger partial charge in [-0.25, -0.2) is 9.97 Å². The first-order valence-corrected chi connectivity index (χ1v) is 11.4. The minimum absolute atomic E-state index is 0.289. The number of fused-ring (bicyclic) bond motifs is 1. The summed E-state index contributed by atoms with van der Waals surface area (Å²) in [5, 5.41) is 0.289. The van der Waals surface area contributed by atoms with Crippen LogP contribution in [0.1, 0.15) is 45.1 Å². The van der Waals surface area contributed by atoms with Crippen molar-refractivity contribution in [3.8, 4) is 0 Å². The van der Waals surface area contributed by atoms with Crippen molar-refractivity contribution in [1.29, 1.82) is 0 Å². The number of aromatic nitrogens is 2. The Labute approximate surface area is 131 Å². The van der Waals surface area contributed by atoms with Gasteiger partial charge in [0.25, 0.3) is 0 Å². The highest BCUT2D eigenvalue weighted by Gasteiger charge is 2.42. The topological polar surface area (TPSA) is 35.0 Å². The maximum absolute atomic E-state index is 6.49. The van der Waals surface area contributed by atoms with Gasteiger partial charge in [-0.05, 0) is 48.5 Å². The van der Waals surface area contributed by atoms with Gasteiger partial charge in [-0.2, -0.15) is 0 Å². The van der Waals surface area contributed by atoms with Crippen molar-refractivity contribution in [1.82, 2.24) is 9.97 Å². The molecule has 1 aliphatic rings. The van der Waals surface area contributed by atoms with Gasteiger partial charge in [0.15, 0.2) is 8.32 Å². The summed E-state index contributed by atoms with van der Waals surface area (Å²) in [6, 6.07) is 2.13. The molecular formula is C16H24N2OSSi. The molecule has 1 fully saturated rings. The Bertz CT molecular complexity index is 641. The minimum Gasteiger partial charge on any atom is -0.414 e. The summed E-state index contributed by atoms with van der Waals surface area (Å²) in [5.74, 6) is 0.590. The van der Waals surface area contributed by atoms with Gasteiger partial charge >= 0.3 is 0 Å². The smallest absolute Gasteiger partial charge is 0.192 e. The summed E-state index contributed by atoms with van der Waals surface area (Å²) in [6.07, 6.45) is 4.60. The number of nitrogens with zero attached hydrogens (tertiary/aromatic N) is 2. The number of pyridine rings is 1. The number of thiazole rings is 1. The van der Waals surface area contributed by atoms with Crippen LogP contribution in [0, 0.1) is 0 Å². The lowest BCUT2D eigenvalue weighted by Crippen LogP contribution is -2.47. The number of hydrogen-bond donors (Lipinski definition) is 0. The predicted octanol–water partition coefficient (Wildman–Crippen LogP) is 4.96. The number of rotatable bonds is 3. The molecule has 0 radical (unpaired) electrons. The molecule has 2 aromatic rings. The molecule has 21 heavy (non-hydrogen) atoms. The molecule has 0 saturated heterocycles. The third-order valence-electron chi connectivity index (χ3n) is 5.07. The molecule has 2 heterocycles. The fourth-order valence-corrected chi connectivity index (χ4v) is 4.67. The molecule has 3 nitrogen and oxygen atoms in total. The average Bonchev–Trinajstić information content (AvgIpc) is 2.80. The Balaban J connectivity index is 1.68. The van der Waals surface area contributed by atoms with E-state index in [9.17, 15) is 0 Å². The van der Waals surface area contributed by atoms with E-state index >= 15 is 0 Å². The van der Waals surface area contributed by atoms with Crippen molar-refractivity contribution < 1.29 is 4.43 Å². The minimum atomic E-state index is -1.63. The molecular weight excluding hydrogens is 296 g/mol. The summed E-state index contributed by atoms with van der Waals surface area (Å²) in [6.45, 7) is 11.6. The van der Waals surface area contributed by atoms with E-state index in [4.69, 9.17) is 4.43 Å². The zero-order chi connectivity index (χ0) is 15.3. The van der Waals surface area contributed by atoms with Crippen LogP contribution in [-0.4, -0.2) is 24.4 Å². The van der Waals surface area contributed by atoms with Crippen LogP contribution in [0.4, 0.5) is 0 Å². The van der Waals surface area contributed by atoms with Gasteiger partial charge in [-0.3, -0.25) is 0 Å². The molecule has 0 aliphatic heterocycles. The second-order valence-corrected chi connectivity index (χ2v) is 13.2. The van der Waals surface area contributed by atoms with E-state index in [1.807, 2.05) is 11.7 Å². The molecule has 114 valence electrons. The Morgan fingerprint density at radius 2 is 1.95 bits per heavy atom. The fraction of sp³-hybridized carbons (Fsp3) is 0.625. The maximum atomic E-state index is 6.49. The quantitative estimate of drug-likeness (QED) is 0.750. The van der Waals surface area contributed by atoms with Gasteiger partial charge in [-0.1, -0.05) is 20.8 Å². The van der Waals surface area contributed by atoms with E-state index in [2.05, 4.69) is 49.9 Å². The SMILES string of the molecule is CC(C)(C)[Si](C)(C)OC1CC(c2ccnc3scnc23)C1. The Morgan fingerprint density at radius 1 is 1.24 bits per heavy atom. The highest BCUT2D eigenvalue weighted by molar-refractivity contribution is 7.16. The summed E-state index contributed by atoms with van der Waals surface area (Å²) in [5.41, 5.74) is 4.35. The predicted molar refractivity (Wildman–Crippen MR) is 91.5 cm³/mol. The molecule has 0 bridgehead atoms. The monoisotopic (exact) mass is 320 g/mol. The molecule has 0 spiro atoms. The third kappa shape index (κ3) is 2.79. The zero-order valence-electron chi connectivity index (χ0n) is 13.5. The van der Waals surface area contributed by atoms with E-state index in [1.54, 1.807) is 11.3 Å². The van der Waals surface area contributed by atoms with E-state index in [-0.39, 0.29) is 5.04 Å². The second kappa shape index (κ2) is 5.14. The highest BCUT2D eigenvalue weighted by Crippen LogP contribution is 2.45. The van der Waals surface area contributed by atoms with Gasteiger partial charge < -0.3 is 4.43 Å². The van der Waals surface area contributed by atoms with Crippen molar-refractivity contribution in [2.75, 3.05) is 0 Å². The zero-order valence-corrected chi connectivity index (χ0v) is 15.3. The van der Waals surface area contributed by atoms with E-state index in [0.717, 1.165) is 23.2 Å². The summed E-state index contributed by atoms with van der Waals surface area (Å²) in [4.78, 5) is 9.93. The maximum Gasteiger partial charge on any atom is 0.192 e. The molecule has 0 amide bonds. The van der Waals surface area contributed by atoms with Crippen molar-refractivity contribution in [3.05, 3.63) is 23.3 Å². The van der Waals surface area contributed by atoms with Gasteiger partial charge in [0.1, 0.15) is 10.3 Å². The van der Waals surface area contributed by atoms with E-state index < -0.39 is 8.32 Å². The Hall–Kier alpha value is -0.783. The largest absolute Gasteiger partial charge is 0.414 e. The first-order chi connectivity index (χ1) is 9.78. The van der Waals surface area contributed by atoms with Crippen molar-refractivity contribution in [3.63, 3.8) is 0 Å². The molecule has 3 rings (SSSR count). The molecule has 0 atom stereocenters. The molecule has 1 saturated carbocycles. The van der Waals surface area contributed by atoms with Crippen LogP contribution in [0.25, 0.3) is 10.3 Å². The highest BCUT2D eigenvalue weighted by atomic mass is 32.1. The molecule has 1 aliphatic carbocycles. The van der Waals surface area contributed by atoms with Crippen molar-refractivity contribution >= 4 is 30.0 Å². The molecule has 0 aromatic carbocycles. The normalized spacial score (nSPS) is 23.3. The van der Waals surface area contributed by atoms with Crippen LogP contribution in [0.3, 0.4) is 0 Å². The summed E-state index contributed by atoms with van der Waals surface area (Å²) in [7, 11) is -1.63. The van der Waals surface area contributed by atoms with Gasteiger partial charge in [0, 0.05) is 12.3 Å². The first kappa shape index (κ1) is 15.1. The van der Waals surface area contributed by atoms with Crippen LogP contribution >= 0.6 is 11.3 Å². The lowest BCUT2D eigenvalue weighted by atomic mass is 9.77. The van der Waals surface area contributed by atoms with Crippen LogP contribution in [-0.2, 0) is 4.43 Å². The van der Waals surface area contributed by atoms with E-state index in [1.165, 1.54) is 5.56 Å². The van der Waals surface area contributed by atoms with Crippen molar-refractivity contribution in [2.24, 2.45) is 0 Å². The number of hydrogen-bond acceptors (Lipinski definition) is 4. The summed E-state index contributed by atoms with van der Waals surface area (Å²) < 4.78 is 6.49. The Morgan fingerprint density at radius 3 is 2.62 bits per heavy atom. The summed E-state index contributed by atoms with van der Waals surface area (Å²) >= 11 is 1.62. The fourth-order valence-electron chi connectivity index (χ4n) is 2.63. The average molecular weight is 321 g/mol. The van der Waals surface area contributed by atoms with Gasteiger partial charge in [0.05, 0.1) is 5.51 Å². The third-order valence-corrected chi connectivity index (χ3v) is 10.3. The lowest BCUT2D eigenvalue weighted by Gasteiger charge is -2.45. The van der Waals surface area contributed by atoms with Crippen LogP contribution in [0.15, 0.2) is 17.8 Å².